The molecule has 0 atom stereocenters. The third-order valence-corrected chi connectivity index (χ3v) is 2.17. The average Bonchev–Trinajstić information content (AvgIpc) is 2.99. The van der Waals surface area contributed by atoms with E-state index in [1.807, 2.05) is 34.6 Å². The number of carbonyl (C=O) groups is 1. The van der Waals surface area contributed by atoms with Crippen molar-refractivity contribution < 1.29 is 9.53 Å². The van der Waals surface area contributed by atoms with E-state index in [4.69, 9.17) is 16.3 Å². The fraction of sp³-hybridized carbons (Fsp3) is 0.769. The number of ether oxygens (including phenoxy) is 1. The van der Waals surface area contributed by atoms with Gasteiger partial charge in [-0.25, -0.2) is 5.84 Å². The largest absolute Gasteiger partial charge is 0.460 e. The molecule has 1 saturated carbocycles. The summed E-state index contributed by atoms with van der Waals surface area (Å²) in [5, 5.41) is 1.54. The summed E-state index contributed by atoms with van der Waals surface area (Å²) in [7, 11) is 0. The lowest BCUT2D eigenvalue weighted by Gasteiger charge is -2.19. The van der Waals surface area contributed by atoms with Gasteiger partial charge in [-0.05, 0) is 47.5 Å². The number of carbonyl (C=O) groups excluding carboxylic acids is 1. The Morgan fingerprint density at radius 2 is 1.89 bits per heavy atom. The van der Waals surface area contributed by atoms with Crippen LogP contribution in [0.2, 0.25) is 0 Å². The van der Waals surface area contributed by atoms with Gasteiger partial charge in [-0.3, -0.25) is 4.79 Å². The number of nitrogens with two attached hydrogens (primary N) is 2. The first-order valence-electron chi connectivity index (χ1n) is 6.31. The number of hydrazine groups is 1. The monoisotopic (exact) mass is 257 g/mol. The molecule has 5 heteroatoms. The molecule has 4 N–H and O–H groups in total. The van der Waals surface area contributed by atoms with E-state index in [2.05, 4.69) is 0 Å². The Kier molecular flexibility index (Phi) is 6.76. The number of esters is 1. The number of hydrogen-bond donors (Lipinski definition) is 2. The maximum absolute atomic E-state index is 11.0. The molecule has 1 rings (SSSR count). The van der Waals surface area contributed by atoms with Crippen molar-refractivity contribution in [2.75, 3.05) is 0 Å². The standard InChI is InChI=1S/C8H14O2.C5H13N3/c1-8(2,3)10-7(9)6-4-5-6;1-5(2)8(7)4-3-6/h6H,4-5H2,1-3H3;3-5H,6-7H2,1-2H3/b;4-3-. The van der Waals surface area contributed by atoms with Crippen molar-refractivity contribution in [2.24, 2.45) is 17.5 Å². The van der Waals surface area contributed by atoms with Crippen LogP contribution in [0.5, 0.6) is 0 Å². The molecular formula is C13H27N3O2. The lowest BCUT2D eigenvalue weighted by Crippen LogP contribution is -2.32. The molecule has 0 amide bonds. The lowest BCUT2D eigenvalue weighted by molar-refractivity contribution is -0.156. The molecule has 18 heavy (non-hydrogen) atoms. The molecule has 106 valence electrons. The SMILES string of the molecule is CC(C)(C)OC(=O)C1CC1.CC(C)N(N)/C=C\N. The van der Waals surface area contributed by atoms with Crippen molar-refractivity contribution in [1.29, 1.82) is 0 Å². The molecule has 5 nitrogen and oxygen atoms in total. The van der Waals surface area contributed by atoms with Crippen molar-refractivity contribution in [3.05, 3.63) is 12.4 Å². The van der Waals surface area contributed by atoms with Crippen LogP contribution in [0.25, 0.3) is 0 Å². The van der Waals surface area contributed by atoms with Crippen LogP contribution in [0, 0.1) is 5.92 Å². The van der Waals surface area contributed by atoms with Crippen LogP contribution >= 0.6 is 0 Å². The van der Waals surface area contributed by atoms with Gasteiger partial charge >= 0.3 is 5.97 Å². The van der Waals surface area contributed by atoms with E-state index in [1.165, 1.54) is 6.20 Å². The van der Waals surface area contributed by atoms with E-state index in [0.717, 1.165) is 12.8 Å². The van der Waals surface area contributed by atoms with E-state index >= 15 is 0 Å². The van der Waals surface area contributed by atoms with Gasteiger partial charge in [0, 0.05) is 18.4 Å². The molecule has 0 aromatic rings. The molecule has 0 aromatic carbocycles. The van der Waals surface area contributed by atoms with Gasteiger partial charge in [0.25, 0.3) is 0 Å². The van der Waals surface area contributed by atoms with Crippen LogP contribution in [0.1, 0.15) is 47.5 Å². The van der Waals surface area contributed by atoms with Gasteiger partial charge in [0.15, 0.2) is 0 Å². The molecule has 0 radical (unpaired) electrons. The lowest BCUT2D eigenvalue weighted by atomic mass is 10.2. The predicted molar refractivity (Wildman–Crippen MR) is 73.1 cm³/mol. The molecule has 0 aromatic heterocycles. The average molecular weight is 257 g/mol. The van der Waals surface area contributed by atoms with Crippen LogP contribution < -0.4 is 11.6 Å². The van der Waals surface area contributed by atoms with E-state index in [1.54, 1.807) is 11.2 Å². The summed E-state index contributed by atoms with van der Waals surface area (Å²) in [6.45, 7) is 9.66. The number of rotatable bonds is 3. The van der Waals surface area contributed by atoms with Crippen LogP contribution in [-0.4, -0.2) is 22.6 Å². The van der Waals surface area contributed by atoms with E-state index < -0.39 is 0 Å². The Morgan fingerprint density at radius 1 is 1.39 bits per heavy atom. The zero-order chi connectivity index (χ0) is 14.3. The second-order valence-corrected chi connectivity index (χ2v) is 5.69. The summed E-state index contributed by atoms with van der Waals surface area (Å²) < 4.78 is 5.12. The maximum Gasteiger partial charge on any atom is 0.309 e. The summed E-state index contributed by atoms with van der Waals surface area (Å²) >= 11 is 0. The van der Waals surface area contributed by atoms with Crippen molar-refractivity contribution in [1.82, 2.24) is 5.01 Å². The van der Waals surface area contributed by atoms with Crippen LogP contribution in [0.4, 0.5) is 0 Å². The molecule has 0 aliphatic heterocycles. The van der Waals surface area contributed by atoms with Crippen molar-refractivity contribution in [2.45, 2.75) is 59.1 Å². The minimum Gasteiger partial charge on any atom is -0.460 e. The summed E-state index contributed by atoms with van der Waals surface area (Å²) in [5.74, 6) is 5.59. The molecule has 0 unspecified atom stereocenters. The van der Waals surface area contributed by atoms with Crippen molar-refractivity contribution >= 4 is 5.97 Å². The Hall–Kier alpha value is -1.23. The molecule has 0 bridgehead atoms. The van der Waals surface area contributed by atoms with Gasteiger partial charge in [-0.1, -0.05) is 0 Å². The highest BCUT2D eigenvalue weighted by Crippen LogP contribution is 2.31. The molecule has 0 saturated heterocycles. The van der Waals surface area contributed by atoms with E-state index in [9.17, 15) is 4.79 Å². The van der Waals surface area contributed by atoms with Crippen molar-refractivity contribution in [3.63, 3.8) is 0 Å². The van der Waals surface area contributed by atoms with Crippen LogP contribution in [-0.2, 0) is 9.53 Å². The quantitative estimate of drug-likeness (QED) is 0.457. The molecule has 1 aliphatic rings. The van der Waals surface area contributed by atoms with E-state index in [0.29, 0.717) is 6.04 Å². The normalized spacial score (nSPS) is 15.3. The van der Waals surface area contributed by atoms with Crippen LogP contribution in [0.3, 0.4) is 0 Å². The van der Waals surface area contributed by atoms with Gasteiger partial charge in [0.2, 0.25) is 0 Å². The topological polar surface area (TPSA) is 81.6 Å². The molecule has 0 heterocycles. The van der Waals surface area contributed by atoms with Gasteiger partial charge in [0.05, 0.1) is 5.92 Å². The summed E-state index contributed by atoms with van der Waals surface area (Å²) in [4.78, 5) is 11.0. The van der Waals surface area contributed by atoms with Gasteiger partial charge in [-0.2, -0.15) is 0 Å². The Bertz CT molecular complexity index is 278. The first-order chi connectivity index (χ1) is 8.17. The Balaban J connectivity index is 0.000000331. The van der Waals surface area contributed by atoms with E-state index in [-0.39, 0.29) is 17.5 Å². The highest BCUT2D eigenvalue weighted by Gasteiger charge is 2.33. The highest BCUT2D eigenvalue weighted by molar-refractivity contribution is 5.75. The number of nitrogens with zero attached hydrogens (tertiary/aromatic N) is 1. The van der Waals surface area contributed by atoms with Gasteiger partial charge in [-0.15, -0.1) is 0 Å². The third kappa shape index (κ3) is 8.87. The molecule has 0 spiro atoms. The van der Waals surface area contributed by atoms with Gasteiger partial charge in [0.1, 0.15) is 5.60 Å². The number of hydrogen-bond acceptors (Lipinski definition) is 5. The molecule has 1 fully saturated rings. The second kappa shape index (κ2) is 7.26. The minimum absolute atomic E-state index is 0.0208. The van der Waals surface area contributed by atoms with Gasteiger partial charge < -0.3 is 15.5 Å². The third-order valence-electron chi connectivity index (χ3n) is 2.17. The first kappa shape index (κ1) is 16.8. The fourth-order valence-electron chi connectivity index (χ4n) is 0.976. The Labute approximate surface area is 110 Å². The van der Waals surface area contributed by atoms with Crippen molar-refractivity contribution in [3.8, 4) is 0 Å². The summed E-state index contributed by atoms with van der Waals surface area (Å²) in [6.07, 6.45) is 5.09. The zero-order valence-corrected chi connectivity index (χ0v) is 12.1. The fourth-order valence-corrected chi connectivity index (χ4v) is 0.976. The Morgan fingerprint density at radius 3 is 2.11 bits per heavy atom. The smallest absolute Gasteiger partial charge is 0.309 e. The minimum atomic E-state index is -0.306. The molecule has 1 aliphatic carbocycles. The summed E-state index contributed by atoms with van der Waals surface area (Å²) in [5.41, 5.74) is 4.76. The first-order valence-corrected chi connectivity index (χ1v) is 6.31. The predicted octanol–water partition coefficient (Wildman–Crippen LogP) is 1.74. The zero-order valence-electron chi connectivity index (χ0n) is 12.1. The second-order valence-electron chi connectivity index (χ2n) is 5.69. The maximum atomic E-state index is 11.0. The molecular weight excluding hydrogens is 230 g/mol. The summed E-state index contributed by atoms with van der Waals surface area (Å²) in [6, 6.07) is 0.315. The highest BCUT2D eigenvalue weighted by atomic mass is 16.6. The van der Waals surface area contributed by atoms with Crippen LogP contribution in [0.15, 0.2) is 12.4 Å².